The predicted octanol–water partition coefficient (Wildman–Crippen LogP) is 4.79. The van der Waals surface area contributed by atoms with Crippen molar-refractivity contribution in [3.05, 3.63) is 70.0 Å². The second kappa shape index (κ2) is 7.83. The van der Waals surface area contributed by atoms with E-state index in [0.29, 0.717) is 38.2 Å². The lowest BCUT2D eigenvalue weighted by atomic mass is 10.1. The number of halogens is 3. The van der Waals surface area contributed by atoms with Gasteiger partial charge in [0, 0.05) is 21.4 Å². The molecule has 0 aliphatic rings. The molecule has 10 heteroatoms. The van der Waals surface area contributed by atoms with Gasteiger partial charge in [0.15, 0.2) is 0 Å². The van der Waals surface area contributed by atoms with Gasteiger partial charge in [-0.1, -0.05) is 41.0 Å². The first-order chi connectivity index (χ1) is 13.5. The Morgan fingerprint density at radius 2 is 1.79 bits per heavy atom. The molecule has 4 rings (SSSR count). The van der Waals surface area contributed by atoms with Crippen molar-refractivity contribution in [1.29, 1.82) is 0 Å². The molecule has 0 amide bonds. The van der Waals surface area contributed by atoms with E-state index in [0.717, 1.165) is 11.1 Å². The van der Waals surface area contributed by atoms with Crippen molar-refractivity contribution in [3.63, 3.8) is 0 Å². The number of hydrogen-bond acceptors (Lipinski definition) is 5. The van der Waals surface area contributed by atoms with Gasteiger partial charge >= 0.3 is 0 Å². The first kappa shape index (κ1) is 18.8. The lowest BCUT2D eigenvalue weighted by Gasteiger charge is -2.06. The molecule has 0 spiro atoms. The molecule has 0 radical (unpaired) electrons. The number of nitrogens with two attached hydrogens (primary N) is 1. The molecule has 0 aliphatic heterocycles. The third-order valence-corrected chi connectivity index (χ3v) is 5.71. The van der Waals surface area contributed by atoms with Crippen LogP contribution in [0.15, 0.2) is 53.7 Å². The van der Waals surface area contributed by atoms with Crippen molar-refractivity contribution in [2.24, 2.45) is 0 Å². The predicted molar refractivity (Wildman–Crippen MR) is 109 cm³/mol. The number of thioether (sulfide) groups is 1. The molecule has 142 valence electrons. The smallest absolute Gasteiger partial charge is 0.210 e. The third-order valence-electron chi connectivity index (χ3n) is 4.03. The SMILES string of the molecule is Nn1c(SCc2c(Cl)cccc2Cl)nnc1-c1cc(-c2ccc(F)cc2)n[nH]1. The molecule has 0 aliphatic carbocycles. The first-order valence-electron chi connectivity index (χ1n) is 8.11. The molecule has 28 heavy (non-hydrogen) atoms. The molecule has 0 bridgehead atoms. The van der Waals surface area contributed by atoms with E-state index in [1.807, 2.05) is 0 Å². The van der Waals surface area contributed by atoms with Gasteiger partial charge in [-0.05, 0) is 48.0 Å². The number of aromatic amines is 1. The lowest BCUT2D eigenvalue weighted by Crippen LogP contribution is -2.11. The third kappa shape index (κ3) is 3.71. The Bertz CT molecular complexity index is 1110. The molecular weight excluding hydrogens is 422 g/mol. The number of nitrogen functional groups attached to an aromatic ring is 1. The van der Waals surface area contributed by atoms with Gasteiger partial charge in [-0.15, -0.1) is 10.2 Å². The van der Waals surface area contributed by atoms with Crippen molar-refractivity contribution in [1.82, 2.24) is 25.1 Å². The van der Waals surface area contributed by atoms with Gasteiger partial charge in [-0.3, -0.25) is 5.10 Å². The van der Waals surface area contributed by atoms with Crippen LogP contribution in [-0.2, 0) is 5.75 Å². The maximum Gasteiger partial charge on any atom is 0.210 e. The quantitative estimate of drug-likeness (QED) is 0.348. The summed E-state index contributed by atoms with van der Waals surface area (Å²) in [5.41, 5.74) is 2.82. The van der Waals surface area contributed by atoms with Crippen molar-refractivity contribution >= 4 is 35.0 Å². The minimum atomic E-state index is -0.304. The van der Waals surface area contributed by atoms with E-state index in [4.69, 9.17) is 29.0 Å². The van der Waals surface area contributed by atoms with E-state index in [9.17, 15) is 4.39 Å². The zero-order chi connectivity index (χ0) is 19.7. The molecule has 0 saturated heterocycles. The van der Waals surface area contributed by atoms with Crippen molar-refractivity contribution in [2.75, 3.05) is 5.84 Å². The van der Waals surface area contributed by atoms with Gasteiger partial charge in [-0.25, -0.2) is 9.07 Å². The van der Waals surface area contributed by atoms with Gasteiger partial charge < -0.3 is 5.84 Å². The largest absolute Gasteiger partial charge is 0.335 e. The molecule has 2 aromatic heterocycles. The van der Waals surface area contributed by atoms with Gasteiger partial charge in [0.2, 0.25) is 11.0 Å². The highest BCUT2D eigenvalue weighted by atomic mass is 35.5. The maximum atomic E-state index is 13.1. The summed E-state index contributed by atoms with van der Waals surface area (Å²) in [4.78, 5) is 0. The fourth-order valence-electron chi connectivity index (χ4n) is 2.57. The van der Waals surface area contributed by atoms with E-state index in [-0.39, 0.29) is 5.82 Å². The normalized spacial score (nSPS) is 11.1. The minimum Gasteiger partial charge on any atom is -0.335 e. The summed E-state index contributed by atoms with van der Waals surface area (Å²) in [7, 11) is 0. The summed E-state index contributed by atoms with van der Waals surface area (Å²) in [5.74, 6) is 6.77. The molecule has 3 N–H and O–H groups in total. The summed E-state index contributed by atoms with van der Waals surface area (Å²) in [5, 5.41) is 17.1. The van der Waals surface area contributed by atoms with E-state index >= 15 is 0 Å². The van der Waals surface area contributed by atoms with Gasteiger partial charge in [0.25, 0.3) is 0 Å². The average Bonchev–Trinajstić information content (AvgIpc) is 3.29. The van der Waals surface area contributed by atoms with Crippen LogP contribution in [0.3, 0.4) is 0 Å². The monoisotopic (exact) mass is 434 g/mol. The van der Waals surface area contributed by atoms with Gasteiger partial charge in [0.05, 0.1) is 5.69 Å². The van der Waals surface area contributed by atoms with Crippen LogP contribution in [-0.4, -0.2) is 25.1 Å². The van der Waals surface area contributed by atoms with Crippen molar-refractivity contribution in [3.8, 4) is 22.8 Å². The van der Waals surface area contributed by atoms with E-state index in [1.165, 1.54) is 28.6 Å². The Morgan fingerprint density at radius 3 is 2.50 bits per heavy atom. The summed E-state index contributed by atoms with van der Waals surface area (Å²) >= 11 is 13.8. The van der Waals surface area contributed by atoms with E-state index in [2.05, 4.69) is 20.4 Å². The molecule has 0 atom stereocenters. The van der Waals surface area contributed by atoms with Crippen LogP contribution in [0.1, 0.15) is 5.56 Å². The molecule has 0 unspecified atom stereocenters. The Morgan fingerprint density at radius 1 is 1.07 bits per heavy atom. The van der Waals surface area contributed by atoms with E-state index in [1.54, 1.807) is 36.4 Å². The number of hydrogen-bond donors (Lipinski definition) is 2. The van der Waals surface area contributed by atoms with Crippen LogP contribution in [0, 0.1) is 5.82 Å². The summed E-state index contributed by atoms with van der Waals surface area (Å²) in [6, 6.07) is 13.2. The number of nitrogens with zero attached hydrogens (tertiary/aromatic N) is 4. The Labute approximate surface area is 173 Å². The molecule has 0 fully saturated rings. The molecule has 2 heterocycles. The van der Waals surface area contributed by atoms with E-state index < -0.39 is 0 Å². The van der Waals surface area contributed by atoms with Crippen LogP contribution in [0.5, 0.6) is 0 Å². The molecule has 4 aromatic rings. The van der Waals surface area contributed by atoms with Crippen LogP contribution in [0.2, 0.25) is 10.0 Å². The highest BCUT2D eigenvalue weighted by Gasteiger charge is 2.16. The molecular formula is C18H13Cl2FN6S. The summed E-state index contributed by atoms with van der Waals surface area (Å²) in [6.45, 7) is 0. The van der Waals surface area contributed by atoms with Gasteiger partial charge in [0.1, 0.15) is 11.5 Å². The Hall–Kier alpha value is -2.55. The zero-order valence-corrected chi connectivity index (χ0v) is 16.6. The summed E-state index contributed by atoms with van der Waals surface area (Å²) < 4.78 is 14.5. The highest BCUT2D eigenvalue weighted by molar-refractivity contribution is 7.98. The van der Waals surface area contributed by atoms with Crippen molar-refractivity contribution < 1.29 is 4.39 Å². The number of benzene rings is 2. The van der Waals surface area contributed by atoms with Crippen LogP contribution < -0.4 is 5.84 Å². The van der Waals surface area contributed by atoms with Crippen molar-refractivity contribution in [2.45, 2.75) is 10.9 Å². The maximum absolute atomic E-state index is 13.1. The van der Waals surface area contributed by atoms with Gasteiger partial charge in [-0.2, -0.15) is 5.10 Å². The Balaban J connectivity index is 1.55. The number of nitrogens with one attached hydrogen (secondary N) is 1. The highest BCUT2D eigenvalue weighted by Crippen LogP contribution is 2.31. The number of rotatable bonds is 5. The topological polar surface area (TPSA) is 85.4 Å². The number of aromatic nitrogens is 5. The Kier molecular flexibility index (Phi) is 5.25. The average molecular weight is 435 g/mol. The van der Waals surface area contributed by atoms with Crippen LogP contribution in [0.25, 0.3) is 22.8 Å². The number of H-pyrrole nitrogens is 1. The molecule has 2 aromatic carbocycles. The first-order valence-corrected chi connectivity index (χ1v) is 9.85. The molecule has 0 saturated carbocycles. The lowest BCUT2D eigenvalue weighted by molar-refractivity contribution is 0.628. The molecule has 6 nitrogen and oxygen atoms in total. The standard InChI is InChI=1S/C18H13Cl2FN6S/c19-13-2-1-3-14(20)12(13)9-28-18-26-25-17(27(18)22)16-8-15(23-24-16)10-4-6-11(21)7-5-10/h1-8H,9,22H2,(H,23,24). The van der Waals surface area contributed by atoms with Crippen LogP contribution >= 0.6 is 35.0 Å². The zero-order valence-electron chi connectivity index (χ0n) is 14.2. The second-order valence-corrected chi connectivity index (χ2v) is 7.60. The minimum absolute atomic E-state index is 0.304. The second-order valence-electron chi connectivity index (χ2n) is 5.84. The van der Waals surface area contributed by atoms with Crippen LogP contribution in [0.4, 0.5) is 4.39 Å². The fraction of sp³-hybridized carbons (Fsp3) is 0.0556. The summed E-state index contributed by atoms with van der Waals surface area (Å²) in [6.07, 6.45) is 0. The fourth-order valence-corrected chi connectivity index (χ4v) is 4.17.